The summed E-state index contributed by atoms with van der Waals surface area (Å²) in [6.45, 7) is 2.36. The zero-order chi connectivity index (χ0) is 20.2. The van der Waals surface area contributed by atoms with E-state index in [1.165, 1.54) is 81.8 Å². The molecule has 1 aromatic carbocycles. The lowest BCUT2D eigenvalue weighted by Gasteiger charge is -2.40. The Bertz CT molecular complexity index is 636. The van der Waals surface area contributed by atoms with Crippen LogP contribution in [0.4, 0.5) is 8.78 Å². The van der Waals surface area contributed by atoms with Crippen molar-refractivity contribution in [2.75, 3.05) is 0 Å². The Labute approximate surface area is 176 Å². The van der Waals surface area contributed by atoms with Crippen molar-refractivity contribution >= 4 is 0 Å². The molecule has 2 heteroatoms. The average Bonchev–Trinajstić information content (AvgIpc) is 2.77. The highest BCUT2D eigenvalue weighted by Gasteiger charge is 2.34. The van der Waals surface area contributed by atoms with Crippen molar-refractivity contribution in [2.24, 2.45) is 29.6 Å². The van der Waals surface area contributed by atoms with E-state index in [9.17, 15) is 8.78 Å². The number of aryl methyl sites for hydroxylation is 2. The van der Waals surface area contributed by atoms with Gasteiger partial charge in [0.05, 0.1) is 0 Å². The maximum absolute atomic E-state index is 12.5. The van der Waals surface area contributed by atoms with Crippen LogP contribution in [0.5, 0.6) is 0 Å². The number of rotatable bonds is 6. The lowest BCUT2D eigenvalue weighted by atomic mass is 9.65. The summed E-state index contributed by atoms with van der Waals surface area (Å²) in [5.41, 5.74) is 4.04. The fraction of sp³-hybridized carbons (Fsp3) is 0.778. The molecule has 0 nitrogen and oxygen atoms in total. The predicted octanol–water partition coefficient (Wildman–Crippen LogP) is 8.01. The van der Waals surface area contributed by atoms with Gasteiger partial charge in [-0.25, -0.2) is 8.78 Å². The highest BCUT2D eigenvalue weighted by molar-refractivity contribution is 5.34. The van der Waals surface area contributed by atoms with E-state index in [1.807, 2.05) is 0 Å². The van der Waals surface area contributed by atoms with Crippen molar-refractivity contribution in [1.82, 2.24) is 0 Å². The molecule has 0 bridgehead atoms. The van der Waals surface area contributed by atoms with Crippen LogP contribution < -0.4 is 0 Å². The molecule has 1 atom stereocenters. The zero-order valence-electron chi connectivity index (χ0n) is 18.4. The van der Waals surface area contributed by atoms with Crippen LogP contribution in [0.25, 0.3) is 0 Å². The van der Waals surface area contributed by atoms with Gasteiger partial charge < -0.3 is 0 Å². The van der Waals surface area contributed by atoms with Gasteiger partial charge in [0.15, 0.2) is 0 Å². The first-order valence-electron chi connectivity index (χ1n) is 12.5. The molecule has 2 fully saturated rings. The highest BCUT2D eigenvalue weighted by atomic mass is 19.3. The molecular weight excluding hydrogens is 362 g/mol. The van der Waals surface area contributed by atoms with Gasteiger partial charge in [0, 0.05) is 6.42 Å². The first kappa shape index (κ1) is 21.3. The molecule has 162 valence electrons. The molecule has 3 aliphatic rings. The Morgan fingerprint density at radius 1 is 0.793 bits per heavy atom. The Morgan fingerprint density at radius 2 is 1.41 bits per heavy atom. The Hall–Kier alpha value is -0.920. The summed E-state index contributed by atoms with van der Waals surface area (Å²) in [5.74, 6) is 4.83. The summed E-state index contributed by atoms with van der Waals surface area (Å²) in [6.07, 6.45) is 15.2. The van der Waals surface area contributed by atoms with Gasteiger partial charge in [-0.2, -0.15) is 0 Å². The van der Waals surface area contributed by atoms with Crippen LogP contribution in [0, 0.1) is 29.6 Å². The van der Waals surface area contributed by atoms with Crippen LogP contribution in [0.1, 0.15) is 94.2 Å². The van der Waals surface area contributed by atoms with Gasteiger partial charge in [-0.05, 0) is 110 Å². The van der Waals surface area contributed by atoms with Crippen LogP contribution in [0.15, 0.2) is 18.2 Å². The van der Waals surface area contributed by atoms with Crippen molar-refractivity contribution in [2.45, 2.75) is 103 Å². The fourth-order valence-electron chi connectivity index (χ4n) is 6.83. The summed E-state index contributed by atoms with van der Waals surface area (Å²) in [6, 6.07) is 6.57. The third-order valence-corrected chi connectivity index (χ3v) is 8.81. The smallest absolute Gasteiger partial charge is 0.211 e. The molecule has 2 saturated carbocycles. The van der Waals surface area contributed by atoms with E-state index < -0.39 is 6.43 Å². The maximum Gasteiger partial charge on any atom is 0.239 e. The van der Waals surface area contributed by atoms with Crippen LogP contribution in [-0.4, -0.2) is 6.43 Å². The Morgan fingerprint density at radius 3 is 2.03 bits per heavy atom. The molecule has 0 amide bonds. The minimum Gasteiger partial charge on any atom is -0.211 e. The molecule has 0 aliphatic heterocycles. The first-order chi connectivity index (χ1) is 14.1. The molecule has 1 aromatic rings. The van der Waals surface area contributed by atoms with Gasteiger partial charge in [0.2, 0.25) is 6.43 Å². The van der Waals surface area contributed by atoms with E-state index in [0.717, 1.165) is 41.6 Å². The number of halogens is 2. The normalized spacial score (nSPS) is 32.9. The monoisotopic (exact) mass is 402 g/mol. The Kier molecular flexibility index (Phi) is 7.30. The summed E-state index contributed by atoms with van der Waals surface area (Å²) < 4.78 is 25.0. The minimum atomic E-state index is -2.19. The molecule has 0 N–H and O–H groups in total. The zero-order valence-corrected chi connectivity index (χ0v) is 18.4. The summed E-state index contributed by atoms with van der Waals surface area (Å²) >= 11 is 0. The van der Waals surface area contributed by atoms with E-state index in [1.54, 1.807) is 0 Å². The average molecular weight is 403 g/mol. The quantitative estimate of drug-likeness (QED) is 0.452. The number of hydrogen-bond acceptors (Lipinski definition) is 0. The lowest BCUT2D eigenvalue weighted by molar-refractivity contribution is 0.120. The number of alkyl halides is 2. The number of benzene rings is 1. The molecule has 0 saturated heterocycles. The number of fused-ring (bicyclic) bond motifs is 1. The van der Waals surface area contributed by atoms with Gasteiger partial charge >= 0.3 is 0 Å². The predicted molar refractivity (Wildman–Crippen MR) is 117 cm³/mol. The van der Waals surface area contributed by atoms with Crippen LogP contribution in [-0.2, 0) is 19.3 Å². The fourth-order valence-corrected chi connectivity index (χ4v) is 6.83. The van der Waals surface area contributed by atoms with Gasteiger partial charge in [-0.15, -0.1) is 0 Å². The second-order valence-corrected chi connectivity index (χ2v) is 10.4. The molecule has 0 aromatic heterocycles. The molecule has 29 heavy (non-hydrogen) atoms. The van der Waals surface area contributed by atoms with E-state index in [0.29, 0.717) is 6.42 Å². The van der Waals surface area contributed by atoms with E-state index >= 15 is 0 Å². The van der Waals surface area contributed by atoms with Crippen LogP contribution >= 0.6 is 0 Å². The van der Waals surface area contributed by atoms with E-state index in [4.69, 9.17) is 0 Å². The van der Waals surface area contributed by atoms with Crippen molar-refractivity contribution in [3.8, 4) is 0 Å². The molecule has 4 rings (SSSR count). The highest BCUT2D eigenvalue weighted by Crippen LogP contribution is 2.45. The SMILES string of the molecule is CCC1CCC(C2CCC(C3CCc4cc(CCC(F)F)ccc4C3)CC2)CC1. The third-order valence-electron chi connectivity index (χ3n) is 8.81. The lowest BCUT2D eigenvalue weighted by Crippen LogP contribution is -2.30. The molecule has 1 unspecified atom stereocenters. The Balaban J connectivity index is 1.26. The maximum atomic E-state index is 12.5. The van der Waals surface area contributed by atoms with Crippen molar-refractivity contribution in [3.05, 3.63) is 34.9 Å². The molecular formula is C27H40F2. The van der Waals surface area contributed by atoms with E-state index in [2.05, 4.69) is 25.1 Å². The van der Waals surface area contributed by atoms with Crippen molar-refractivity contribution < 1.29 is 8.78 Å². The third kappa shape index (κ3) is 5.42. The van der Waals surface area contributed by atoms with Crippen LogP contribution in [0.3, 0.4) is 0 Å². The molecule has 3 aliphatic carbocycles. The van der Waals surface area contributed by atoms with Gasteiger partial charge in [-0.3, -0.25) is 0 Å². The number of hydrogen-bond donors (Lipinski definition) is 0. The molecule has 0 spiro atoms. The summed E-state index contributed by atoms with van der Waals surface area (Å²) in [7, 11) is 0. The summed E-state index contributed by atoms with van der Waals surface area (Å²) in [4.78, 5) is 0. The van der Waals surface area contributed by atoms with Gasteiger partial charge in [-0.1, -0.05) is 44.4 Å². The van der Waals surface area contributed by atoms with Crippen molar-refractivity contribution in [3.63, 3.8) is 0 Å². The topological polar surface area (TPSA) is 0 Å². The standard InChI is InChI=1S/C27H40F2/c1-2-19-3-7-21(8-4-19)22-10-12-23(13-11-22)25-15-14-24-17-20(6-16-27(28)29)5-9-26(24)18-25/h5,9,17,19,21-23,25,27H,2-4,6-8,10-16,18H2,1H3. The van der Waals surface area contributed by atoms with Crippen LogP contribution in [0.2, 0.25) is 0 Å². The van der Waals surface area contributed by atoms with E-state index in [-0.39, 0.29) is 6.42 Å². The second-order valence-electron chi connectivity index (χ2n) is 10.4. The largest absolute Gasteiger partial charge is 0.239 e. The van der Waals surface area contributed by atoms with Gasteiger partial charge in [0.1, 0.15) is 0 Å². The molecule has 0 heterocycles. The first-order valence-corrected chi connectivity index (χ1v) is 12.5. The second kappa shape index (κ2) is 9.92. The minimum absolute atomic E-state index is 0.00918. The van der Waals surface area contributed by atoms with Crippen molar-refractivity contribution in [1.29, 1.82) is 0 Å². The van der Waals surface area contributed by atoms with Gasteiger partial charge in [0.25, 0.3) is 0 Å². The summed E-state index contributed by atoms with van der Waals surface area (Å²) in [5, 5.41) is 0. The molecule has 0 radical (unpaired) electrons.